The molecule has 3 aromatic rings. The molecule has 5 rings (SSSR count). The first-order chi connectivity index (χ1) is 21.4. The van der Waals surface area contributed by atoms with Crippen molar-refractivity contribution in [1.29, 1.82) is 0 Å². The minimum atomic E-state index is -4.63. The third-order valence-corrected chi connectivity index (χ3v) is 8.10. The molecule has 0 spiro atoms. The van der Waals surface area contributed by atoms with Gasteiger partial charge in [-0.1, -0.05) is 5.92 Å². The van der Waals surface area contributed by atoms with Crippen molar-refractivity contribution in [2.24, 2.45) is 5.92 Å². The van der Waals surface area contributed by atoms with Crippen molar-refractivity contribution >= 4 is 29.0 Å². The van der Waals surface area contributed by atoms with Crippen LogP contribution in [0.4, 0.5) is 32.0 Å². The molecule has 0 aromatic carbocycles. The van der Waals surface area contributed by atoms with E-state index in [1.54, 1.807) is 12.1 Å². The SMILES string of the molecule is O=C1NCC#Cc2nc3c(cccn3c2SC(F)(F)F)N[C@H]2CCN(CC(F)(F)F)C[C@@H]2CCOCCOCCn2cc1cn2. The molecule has 2 N–H and O–H groups in total. The van der Waals surface area contributed by atoms with Gasteiger partial charge in [-0.3, -0.25) is 18.8 Å². The van der Waals surface area contributed by atoms with E-state index >= 15 is 0 Å². The van der Waals surface area contributed by atoms with Gasteiger partial charge in [-0.2, -0.15) is 31.4 Å². The summed E-state index contributed by atoms with van der Waals surface area (Å²) >= 11 is -0.356. The number of thioether (sulfide) groups is 1. The number of imidazole rings is 1. The summed E-state index contributed by atoms with van der Waals surface area (Å²) in [6, 6.07) is 2.94. The van der Waals surface area contributed by atoms with E-state index in [9.17, 15) is 31.1 Å². The monoisotopic (exact) mass is 659 g/mol. The first kappa shape index (κ1) is 32.9. The molecule has 10 nitrogen and oxygen atoms in total. The van der Waals surface area contributed by atoms with Crippen LogP contribution in [0.2, 0.25) is 0 Å². The van der Waals surface area contributed by atoms with Crippen LogP contribution in [0.15, 0.2) is 35.7 Å². The number of anilines is 1. The third-order valence-electron chi connectivity index (χ3n) is 7.29. The molecular weight excluding hydrogens is 628 g/mol. The molecule has 45 heavy (non-hydrogen) atoms. The molecule has 2 aliphatic rings. The molecule has 1 fully saturated rings. The molecule has 4 bridgehead atoms. The van der Waals surface area contributed by atoms with Gasteiger partial charge in [0.15, 0.2) is 5.65 Å². The van der Waals surface area contributed by atoms with Gasteiger partial charge < -0.3 is 20.1 Å². The summed E-state index contributed by atoms with van der Waals surface area (Å²) in [5.41, 5.74) is -3.86. The number of pyridine rings is 1. The molecule has 0 aliphatic carbocycles. The Morgan fingerprint density at radius 1 is 1.07 bits per heavy atom. The maximum atomic E-state index is 13.6. The third kappa shape index (κ3) is 9.28. The van der Waals surface area contributed by atoms with E-state index in [2.05, 4.69) is 32.6 Å². The number of hydrogen-bond acceptors (Lipinski definition) is 8. The Morgan fingerprint density at radius 2 is 1.87 bits per heavy atom. The molecule has 0 unspecified atom stereocenters. The topological polar surface area (TPSA) is 98.0 Å². The lowest BCUT2D eigenvalue weighted by Crippen LogP contribution is -2.49. The van der Waals surface area contributed by atoms with Crippen LogP contribution < -0.4 is 10.6 Å². The van der Waals surface area contributed by atoms with E-state index in [4.69, 9.17) is 9.47 Å². The number of alkyl halides is 6. The molecule has 5 heterocycles. The maximum Gasteiger partial charge on any atom is 0.447 e. The van der Waals surface area contributed by atoms with Gasteiger partial charge in [0.2, 0.25) is 0 Å². The fourth-order valence-corrected chi connectivity index (χ4v) is 5.96. The van der Waals surface area contributed by atoms with Crippen molar-refractivity contribution in [3.63, 3.8) is 0 Å². The van der Waals surface area contributed by atoms with E-state index in [-0.39, 0.29) is 78.5 Å². The number of hydrogen-bond donors (Lipinski definition) is 2. The summed E-state index contributed by atoms with van der Waals surface area (Å²) in [6.07, 6.45) is 0.840. The van der Waals surface area contributed by atoms with Crippen LogP contribution in [-0.2, 0) is 16.0 Å². The van der Waals surface area contributed by atoms with E-state index in [1.807, 2.05) is 0 Å². The van der Waals surface area contributed by atoms with E-state index in [1.165, 1.54) is 32.6 Å². The van der Waals surface area contributed by atoms with E-state index in [0.717, 1.165) is 0 Å². The second-order valence-corrected chi connectivity index (χ2v) is 11.6. The van der Waals surface area contributed by atoms with Gasteiger partial charge in [0.25, 0.3) is 5.91 Å². The predicted molar refractivity (Wildman–Crippen MR) is 153 cm³/mol. The van der Waals surface area contributed by atoms with Crippen molar-refractivity contribution in [3.05, 3.63) is 42.0 Å². The number of fused-ring (bicyclic) bond motifs is 4. The average Bonchev–Trinajstić information content (AvgIpc) is 3.57. The normalized spacial score (nSPS) is 21.4. The highest BCUT2D eigenvalue weighted by atomic mass is 32.2. The Labute approximate surface area is 258 Å². The van der Waals surface area contributed by atoms with E-state index < -0.39 is 24.1 Å². The predicted octanol–water partition coefficient (Wildman–Crippen LogP) is 4.03. The molecule has 17 heteroatoms. The number of nitrogens with zero attached hydrogens (tertiary/aromatic N) is 5. The fourth-order valence-electron chi connectivity index (χ4n) is 5.31. The maximum absolute atomic E-state index is 13.6. The highest BCUT2D eigenvalue weighted by Gasteiger charge is 2.37. The quantitative estimate of drug-likeness (QED) is 0.242. The lowest BCUT2D eigenvalue weighted by molar-refractivity contribution is -0.150. The highest BCUT2D eigenvalue weighted by Crippen LogP contribution is 2.40. The minimum Gasteiger partial charge on any atom is -0.379 e. The summed E-state index contributed by atoms with van der Waals surface area (Å²) in [4.78, 5) is 18.3. The number of nitrogens with one attached hydrogen (secondary N) is 2. The molecule has 0 saturated carbocycles. The van der Waals surface area contributed by atoms with Crippen LogP contribution in [-0.4, -0.2) is 100 Å². The summed E-state index contributed by atoms with van der Waals surface area (Å²) in [7, 11) is 0. The van der Waals surface area contributed by atoms with Crippen LogP contribution in [0.1, 0.15) is 28.9 Å². The number of aromatic nitrogens is 4. The minimum absolute atomic E-state index is 0.128. The van der Waals surface area contributed by atoms with Crippen LogP contribution in [0, 0.1) is 17.8 Å². The van der Waals surface area contributed by atoms with Crippen LogP contribution >= 0.6 is 11.8 Å². The second kappa shape index (κ2) is 14.3. The number of piperidine rings is 1. The van der Waals surface area contributed by atoms with Gasteiger partial charge in [-0.25, -0.2) is 4.98 Å². The van der Waals surface area contributed by atoms with Gasteiger partial charge in [-0.15, -0.1) is 0 Å². The number of halogens is 6. The Hall–Kier alpha value is -3.46. The number of rotatable bonds is 2. The van der Waals surface area contributed by atoms with Gasteiger partial charge >= 0.3 is 11.7 Å². The molecule has 1 amide bonds. The Balaban J connectivity index is 1.44. The Bertz CT molecular complexity index is 1530. The fraction of sp³-hybridized carbons (Fsp3) is 0.536. The summed E-state index contributed by atoms with van der Waals surface area (Å²) in [5.74, 6) is 4.63. The van der Waals surface area contributed by atoms with Crippen molar-refractivity contribution in [3.8, 4) is 11.8 Å². The zero-order chi connectivity index (χ0) is 32.0. The first-order valence-corrected chi connectivity index (χ1v) is 15.0. The number of likely N-dealkylation sites (tertiary alicyclic amines) is 1. The number of carbonyl (C=O) groups excluding carboxylic acids is 1. The summed E-state index contributed by atoms with van der Waals surface area (Å²) in [5, 5.41) is 9.83. The molecule has 2 aliphatic heterocycles. The van der Waals surface area contributed by atoms with Crippen molar-refractivity contribution < 1.29 is 40.6 Å². The molecular formula is C28H31F6N7O3S. The smallest absolute Gasteiger partial charge is 0.379 e. The molecule has 3 aromatic heterocycles. The largest absolute Gasteiger partial charge is 0.447 e. The van der Waals surface area contributed by atoms with Crippen molar-refractivity contribution in [2.45, 2.75) is 42.1 Å². The van der Waals surface area contributed by atoms with Crippen LogP contribution in [0.5, 0.6) is 0 Å². The van der Waals surface area contributed by atoms with E-state index in [0.29, 0.717) is 38.3 Å². The zero-order valence-corrected chi connectivity index (χ0v) is 24.8. The molecule has 2 atom stereocenters. The van der Waals surface area contributed by atoms with Crippen molar-refractivity contribution in [2.75, 3.05) is 57.9 Å². The van der Waals surface area contributed by atoms with Gasteiger partial charge in [-0.05, 0) is 36.8 Å². The first-order valence-electron chi connectivity index (χ1n) is 14.2. The van der Waals surface area contributed by atoms with Gasteiger partial charge in [0.1, 0.15) is 10.7 Å². The lowest BCUT2D eigenvalue weighted by Gasteiger charge is -2.39. The zero-order valence-electron chi connectivity index (χ0n) is 24.0. The molecule has 0 radical (unpaired) electrons. The van der Waals surface area contributed by atoms with Gasteiger partial charge in [0, 0.05) is 49.9 Å². The standard InChI is InChI=1S/C28H31F6N7O3S/c29-27(30,31)18-39-9-5-21-19(16-39)6-11-43-13-14-44-12-10-40-17-20(15-36-40)25(42)35-7-1-3-23-26(45-28(32,33)34)41-8-2-4-22(37-21)24(41)38-23/h2,4,8,15,17,19,21,37H,5-7,9-14,16,18H2,(H,35,42)/t19-,21-/m0/s1. The summed E-state index contributed by atoms with van der Waals surface area (Å²) in [6.45, 7) is 0.722. The molecule has 1 saturated heterocycles. The molecule has 244 valence electrons. The van der Waals surface area contributed by atoms with Crippen LogP contribution in [0.3, 0.4) is 0 Å². The number of amides is 1. The average molecular weight is 660 g/mol. The Kier molecular flexibility index (Phi) is 10.5. The number of ether oxygens (including phenoxy) is 2. The number of carbonyl (C=O) groups is 1. The summed E-state index contributed by atoms with van der Waals surface area (Å²) < 4.78 is 94.5. The highest BCUT2D eigenvalue weighted by molar-refractivity contribution is 8.00. The van der Waals surface area contributed by atoms with Crippen LogP contribution in [0.25, 0.3) is 5.65 Å². The van der Waals surface area contributed by atoms with Gasteiger partial charge in [0.05, 0.1) is 56.9 Å². The lowest BCUT2D eigenvalue weighted by atomic mass is 9.89. The Morgan fingerprint density at radius 3 is 2.64 bits per heavy atom. The second-order valence-electron chi connectivity index (χ2n) is 10.6. The van der Waals surface area contributed by atoms with Crippen molar-refractivity contribution in [1.82, 2.24) is 29.4 Å².